The molecule has 4 nitrogen and oxygen atoms in total. The zero-order valence-electron chi connectivity index (χ0n) is 10.5. The van der Waals surface area contributed by atoms with Crippen molar-refractivity contribution < 1.29 is 0 Å². The number of anilines is 2. The van der Waals surface area contributed by atoms with Crippen molar-refractivity contribution in [2.24, 2.45) is 0 Å². The van der Waals surface area contributed by atoms with Crippen molar-refractivity contribution in [1.29, 1.82) is 0 Å². The molecule has 0 atom stereocenters. The van der Waals surface area contributed by atoms with Crippen molar-refractivity contribution in [3.05, 3.63) is 46.7 Å². The lowest BCUT2D eigenvalue weighted by atomic mass is 10.1. The Bertz CT molecular complexity index is 566. The van der Waals surface area contributed by atoms with Crippen LogP contribution in [-0.2, 0) is 6.54 Å². The fourth-order valence-corrected chi connectivity index (χ4v) is 2.27. The van der Waals surface area contributed by atoms with Crippen LogP contribution in [0.5, 0.6) is 0 Å². The Balaban J connectivity index is 1.86. The molecule has 1 aliphatic carbocycles. The van der Waals surface area contributed by atoms with Crippen LogP contribution >= 0.6 is 15.9 Å². The van der Waals surface area contributed by atoms with Crippen LogP contribution in [0.3, 0.4) is 0 Å². The smallest absolute Gasteiger partial charge is 0.225 e. The molecule has 1 heterocycles. The van der Waals surface area contributed by atoms with Crippen molar-refractivity contribution in [3.63, 3.8) is 0 Å². The average Bonchev–Trinajstić information content (AvgIpc) is 3.24. The van der Waals surface area contributed by atoms with Crippen LogP contribution in [0.2, 0.25) is 0 Å². The highest BCUT2D eigenvalue weighted by atomic mass is 79.9. The topological polar surface area (TPSA) is 55.0 Å². The SMILES string of the molecule is Nc1ccccc1CN(c1ncc(Br)cn1)C1CC1. The molecule has 0 aliphatic heterocycles. The second-order valence-electron chi connectivity index (χ2n) is 4.76. The quantitative estimate of drug-likeness (QED) is 0.880. The Morgan fingerprint density at radius 3 is 2.53 bits per heavy atom. The summed E-state index contributed by atoms with van der Waals surface area (Å²) >= 11 is 3.36. The number of rotatable bonds is 4. The van der Waals surface area contributed by atoms with E-state index in [1.165, 1.54) is 12.8 Å². The van der Waals surface area contributed by atoms with Gasteiger partial charge in [0, 0.05) is 30.7 Å². The van der Waals surface area contributed by atoms with E-state index < -0.39 is 0 Å². The second-order valence-corrected chi connectivity index (χ2v) is 5.67. The van der Waals surface area contributed by atoms with E-state index in [0.717, 1.165) is 28.2 Å². The molecular formula is C14H15BrN4. The van der Waals surface area contributed by atoms with Gasteiger partial charge in [0.25, 0.3) is 0 Å². The van der Waals surface area contributed by atoms with Gasteiger partial charge in [-0.3, -0.25) is 0 Å². The Labute approximate surface area is 120 Å². The summed E-state index contributed by atoms with van der Waals surface area (Å²) in [6, 6.07) is 8.50. The number of hydrogen-bond donors (Lipinski definition) is 1. The van der Waals surface area contributed by atoms with Crippen LogP contribution in [-0.4, -0.2) is 16.0 Å². The number of nitrogens with two attached hydrogens (primary N) is 1. The molecule has 2 N–H and O–H groups in total. The van der Waals surface area contributed by atoms with Gasteiger partial charge in [0.2, 0.25) is 5.95 Å². The zero-order valence-corrected chi connectivity index (χ0v) is 12.0. The van der Waals surface area contributed by atoms with Gasteiger partial charge in [0.15, 0.2) is 0 Å². The molecule has 5 heteroatoms. The van der Waals surface area contributed by atoms with E-state index in [-0.39, 0.29) is 0 Å². The molecule has 1 aromatic heterocycles. The first-order valence-electron chi connectivity index (χ1n) is 6.31. The third-order valence-corrected chi connectivity index (χ3v) is 3.66. The summed E-state index contributed by atoms with van der Waals surface area (Å²) < 4.78 is 0.895. The summed E-state index contributed by atoms with van der Waals surface area (Å²) in [5.74, 6) is 0.772. The number of para-hydroxylation sites is 1. The highest BCUT2D eigenvalue weighted by Gasteiger charge is 2.31. The first-order chi connectivity index (χ1) is 9.24. The number of hydrogen-bond acceptors (Lipinski definition) is 4. The number of aromatic nitrogens is 2. The van der Waals surface area contributed by atoms with Gasteiger partial charge in [-0.2, -0.15) is 0 Å². The largest absolute Gasteiger partial charge is 0.398 e. The van der Waals surface area contributed by atoms with E-state index in [4.69, 9.17) is 5.73 Å². The summed E-state index contributed by atoms with van der Waals surface area (Å²) in [5, 5.41) is 0. The third-order valence-electron chi connectivity index (χ3n) is 3.25. The summed E-state index contributed by atoms with van der Waals surface area (Å²) in [5.41, 5.74) is 7.97. The van der Waals surface area contributed by atoms with Gasteiger partial charge in [-0.25, -0.2) is 9.97 Å². The highest BCUT2D eigenvalue weighted by Crippen LogP contribution is 2.32. The minimum Gasteiger partial charge on any atom is -0.398 e. The molecule has 0 bridgehead atoms. The molecule has 0 saturated heterocycles. The van der Waals surface area contributed by atoms with Crippen LogP contribution < -0.4 is 10.6 Å². The van der Waals surface area contributed by atoms with Gasteiger partial charge >= 0.3 is 0 Å². The third kappa shape index (κ3) is 2.87. The number of nitrogen functional groups attached to an aromatic ring is 1. The van der Waals surface area contributed by atoms with Crippen LogP contribution in [0.25, 0.3) is 0 Å². The maximum Gasteiger partial charge on any atom is 0.225 e. The van der Waals surface area contributed by atoms with Gasteiger partial charge < -0.3 is 10.6 Å². The maximum absolute atomic E-state index is 6.02. The Morgan fingerprint density at radius 1 is 1.21 bits per heavy atom. The molecule has 19 heavy (non-hydrogen) atoms. The van der Waals surface area contributed by atoms with Crippen LogP contribution in [0.15, 0.2) is 41.1 Å². The predicted molar refractivity (Wildman–Crippen MR) is 79.8 cm³/mol. The van der Waals surface area contributed by atoms with E-state index in [1.54, 1.807) is 12.4 Å². The lowest BCUT2D eigenvalue weighted by Gasteiger charge is -2.23. The van der Waals surface area contributed by atoms with Gasteiger partial charge in [0.05, 0.1) is 4.47 Å². The Kier molecular flexibility index (Phi) is 3.38. The summed E-state index contributed by atoms with van der Waals surface area (Å²) in [7, 11) is 0. The fraction of sp³-hybridized carbons (Fsp3) is 0.286. The number of nitrogens with zero attached hydrogens (tertiary/aromatic N) is 3. The van der Waals surface area contributed by atoms with Crippen molar-refractivity contribution in [3.8, 4) is 0 Å². The van der Waals surface area contributed by atoms with Crippen LogP contribution in [0, 0.1) is 0 Å². The van der Waals surface area contributed by atoms with Gasteiger partial charge in [0.1, 0.15) is 0 Å². The van der Waals surface area contributed by atoms with Gasteiger partial charge in [-0.05, 0) is 40.4 Å². The summed E-state index contributed by atoms with van der Waals surface area (Å²) in [6.45, 7) is 0.763. The molecule has 3 rings (SSSR count). The average molecular weight is 319 g/mol. The Morgan fingerprint density at radius 2 is 1.89 bits per heavy atom. The lowest BCUT2D eigenvalue weighted by Crippen LogP contribution is -2.27. The van der Waals surface area contributed by atoms with Crippen LogP contribution in [0.1, 0.15) is 18.4 Å². The lowest BCUT2D eigenvalue weighted by molar-refractivity contribution is 0.759. The van der Waals surface area contributed by atoms with Crippen molar-refractivity contribution >= 4 is 27.6 Å². The normalized spacial score (nSPS) is 14.4. The van der Waals surface area contributed by atoms with Crippen LogP contribution in [0.4, 0.5) is 11.6 Å². The minimum atomic E-state index is 0.542. The molecule has 1 fully saturated rings. The molecule has 1 aliphatic rings. The minimum absolute atomic E-state index is 0.542. The maximum atomic E-state index is 6.02. The molecule has 2 aromatic rings. The van der Waals surface area contributed by atoms with Crippen molar-refractivity contribution in [2.75, 3.05) is 10.6 Å². The molecule has 98 valence electrons. The molecule has 0 radical (unpaired) electrons. The van der Waals surface area contributed by atoms with E-state index in [2.05, 4.69) is 36.9 Å². The molecule has 1 aromatic carbocycles. The standard InChI is InChI=1S/C14H15BrN4/c15-11-7-17-14(18-8-11)19(12-5-6-12)9-10-3-1-2-4-13(10)16/h1-4,7-8,12H,5-6,9,16H2. The predicted octanol–water partition coefficient (Wildman–Crippen LogP) is 2.99. The molecular weight excluding hydrogens is 304 g/mol. The summed E-state index contributed by atoms with van der Waals surface area (Å²) in [4.78, 5) is 11.0. The number of halogens is 1. The summed E-state index contributed by atoms with van der Waals surface area (Å²) in [6.07, 6.45) is 5.97. The highest BCUT2D eigenvalue weighted by molar-refractivity contribution is 9.10. The monoisotopic (exact) mass is 318 g/mol. The first kappa shape index (κ1) is 12.4. The molecule has 0 unspecified atom stereocenters. The van der Waals surface area contributed by atoms with E-state index in [1.807, 2.05) is 18.2 Å². The van der Waals surface area contributed by atoms with Crippen molar-refractivity contribution in [1.82, 2.24) is 9.97 Å². The molecule has 1 saturated carbocycles. The first-order valence-corrected chi connectivity index (χ1v) is 7.11. The van der Waals surface area contributed by atoms with E-state index >= 15 is 0 Å². The van der Waals surface area contributed by atoms with Crippen molar-refractivity contribution in [2.45, 2.75) is 25.4 Å². The second kappa shape index (κ2) is 5.17. The van der Waals surface area contributed by atoms with E-state index in [9.17, 15) is 0 Å². The van der Waals surface area contributed by atoms with E-state index in [0.29, 0.717) is 6.04 Å². The molecule has 0 amide bonds. The number of benzene rings is 1. The fourth-order valence-electron chi connectivity index (χ4n) is 2.06. The van der Waals surface area contributed by atoms with Gasteiger partial charge in [-0.1, -0.05) is 18.2 Å². The van der Waals surface area contributed by atoms with Gasteiger partial charge in [-0.15, -0.1) is 0 Å². The zero-order chi connectivity index (χ0) is 13.2. The molecule has 0 spiro atoms. The Hall–Kier alpha value is -1.62.